The van der Waals surface area contributed by atoms with Crippen LogP contribution in [0.4, 0.5) is 8.78 Å². The fourth-order valence-corrected chi connectivity index (χ4v) is 2.49. The molecule has 0 aromatic heterocycles. The fourth-order valence-electron chi connectivity index (χ4n) is 2.49. The van der Waals surface area contributed by atoms with Crippen LogP contribution in [0.3, 0.4) is 0 Å². The lowest BCUT2D eigenvalue weighted by atomic mass is 9.90. The van der Waals surface area contributed by atoms with Gasteiger partial charge in [0.1, 0.15) is 11.6 Å². The molecule has 4 nitrogen and oxygen atoms in total. The number of nitrogens with zero attached hydrogens (tertiary/aromatic N) is 2. The van der Waals surface area contributed by atoms with Gasteiger partial charge in [0.05, 0.1) is 0 Å². The molecule has 0 bridgehead atoms. The minimum atomic E-state index is -0.538. The maximum atomic E-state index is 13.1. The van der Waals surface area contributed by atoms with Crippen molar-refractivity contribution in [1.82, 2.24) is 4.90 Å². The minimum Gasteiger partial charge on any atom is -0.408 e. The number of guanidine groups is 1. The zero-order chi connectivity index (χ0) is 13.8. The molecule has 3 N–H and O–H groups in total. The predicted octanol–water partition coefficient (Wildman–Crippen LogP) is 1.92. The average Bonchev–Trinajstić information content (AvgIpc) is 2.37. The number of hydrogen-bond donors (Lipinski definition) is 2. The van der Waals surface area contributed by atoms with E-state index in [9.17, 15) is 8.78 Å². The zero-order valence-electron chi connectivity index (χ0n) is 10.5. The Morgan fingerprint density at radius 1 is 1.26 bits per heavy atom. The second-order valence-electron chi connectivity index (χ2n) is 4.87. The average molecular weight is 269 g/mol. The quantitative estimate of drug-likeness (QED) is 0.373. The second kappa shape index (κ2) is 5.86. The van der Waals surface area contributed by atoms with Gasteiger partial charge < -0.3 is 15.8 Å². The van der Waals surface area contributed by atoms with Gasteiger partial charge in [0.15, 0.2) is 0 Å². The lowest BCUT2D eigenvalue weighted by molar-refractivity contribution is 0.244. The Morgan fingerprint density at radius 2 is 1.84 bits per heavy atom. The first-order valence-electron chi connectivity index (χ1n) is 6.26. The first-order chi connectivity index (χ1) is 9.08. The molecule has 1 aliphatic heterocycles. The molecule has 1 fully saturated rings. The lowest BCUT2D eigenvalue weighted by Crippen LogP contribution is -2.43. The highest BCUT2D eigenvalue weighted by Gasteiger charge is 2.21. The normalized spacial score (nSPS) is 17.8. The monoisotopic (exact) mass is 269 g/mol. The van der Waals surface area contributed by atoms with Crippen molar-refractivity contribution in [1.29, 1.82) is 0 Å². The molecular weight excluding hydrogens is 252 g/mol. The molecule has 1 aliphatic rings. The standard InChI is InChI=1S/C13H17F2N3O/c14-11-6-10(7-12(15)8-11)5-9-1-3-18(4-2-9)13(16)17-19/h6-9,19H,1-5H2,(H2,16,17). The SMILES string of the molecule is NC(=NO)N1CCC(Cc2cc(F)cc(F)c2)CC1. The minimum absolute atomic E-state index is 0.121. The van der Waals surface area contributed by atoms with Crippen molar-refractivity contribution < 1.29 is 14.0 Å². The Hall–Kier alpha value is -1.85. The van der Waals surface area contributed by atoms with E-state index in [1.807, 2.05) is 0 Å². The van der Waals surface area contributed by atoms with Crippen molar-refractivity contribution in [3.63, 3.8) is 0 Å². The van der Waals surface area contributed by atoms with E-state index in [2.05, 4.69) is 5.16 Å². The van der Waals surface area contributed by atoms with Crippen molar-refractivity contribution in [2.45, 2.75) is 19.3 Å². The van der Waals surface area contributed by atoms with Gasteiger partial charge in [-0.1, -0.05) is 5.16 Å². The highest BCUT2D eigenvalue weighted by Crippen LogP contribution is 2.22. The predicted molar refractivity (Wildman–Crippen MR) is 67.8 cm³/mol. The van der Waals surface area contributed by atoms with E-state index in [1.165, 1.54) is 12.1 Å². The second-order valence-corrected chi connectivity index (χ2v) is 4.87. The van der Waals surface area contributed by atoms with Crippen molar-refractivity contribution in [2.75, 3.05) is 13.1 Å². The molecule has 1 saturated heterocycles. The molecule has 0 aliphatic carbocycles. The highest BCUT2D eigenvalue weighted by molar-refractivity contribution is 5.77. The number of benzene rings is 1. The van der Waals surface area contributed by atoms with Crippen LogP contribution in [0.15, 0.2) is 23.4 Å². The number of oxime groups is 1. The van der Waals surface area contributed by atoms with Gasteiger partial charge in [0, 0.05) is 19.2 Å². The van der Waals surface area contributed by atoms with Gasteiger partial charge in [-0.15, -0.1) is 0 Å². The van der Waals surface area contributed by atoms with Gasteiger partial charge in [-0.25, -0.2) is 8.78 Å². The molecule has 0 radical (unpaired) electrons. The molecular formula is C13H17F2N3O. The van der Waals surface area contributed by atoms with Gasteiger partial charge in [0.2, 0.25) is 5.96 Å². The van der Waals surface area contributed by atoms with E-state index in [0.29, 0.717) is 31.0 Å². The number of halogens is 2. The van der Waals surface area contributed by atoms with Crippen LogP contribution in [0, 0.1) is 17.6 Å². The molecule has 0 unspecified atom stereocenters. The smallest absolute Gasteiger partial charge is 0.233 e. The molecule has 19 heavy (non-hydrogen) atoms. The zero-order valence-corrected chi connectivity index (χ0v) is 10.5. The third kappa shape index (κ3) is 3.56. The number of likely N-dealkylation sites (tertiary alicyclic amines) is 1. The summed E-state index contributed by atoms with van der Waals surface area (Å²) in [6.45, 7) is 1.39. The number of piperidine rings is 1. The van der Waals surface area contributed by atoms with Crippen LogP contribution < -0.4 is 5.73 Å². The third-order valence-electron chi connectivity index (χ3n) is 3.49. The van der Waals surface area contributed by atoms with Gasteiger partial charge >= 0.3 is 0 Å². The Morgan fingerprint density at radius 3 is 2.37 bits per heavy atom. The van der Waals surface area contributed by atoms with Crippen LogP contribution in [0.1, 0.15) is 18.4 Å². The summed E-state index contributed by atoms with van der Waals surface area (Å²) < 4.78 is 26.2. The van der Waals surface area contributed by atoms with Crippen LogP contribution in [0.25, 0.3) is 0 Å². The van der Waals surface area contributed by atoms with E-state index in [1.54, 1.807) is 4.90 Å². The topological polar surface area (TPSA) is 61.9 Å². The van der Waals surface area contributed by atoms with E-state index in [0.717, 1.165) is 18.9 Å². The molecule has 1 aromatic carbocycles. The first-order valence-corrected chi connectivity index (χ1v) is 6.26. The molecule has 6 heteroatoms. The highest BCUT2D eigenvalue weighted by atomic mass is 19.1. The molecule has 1 aromatic rings. The summed E-state index contributed by atoms with van der Waals surface area (Å²) >= 11 is 0. The fraction of sp³-hybridized carbons (Fsp3) is 0.462. The maximum absolute atomic E-state index is 13.1. The first kappa shape index (κ1) is 13.6. The summed E-state index contributed by atoms with van der Waals surface area (Å²) in [5, 5.41) is 11.6. The Balaban J connectivity index is 1.92. The van der Waals surface area contributed by atoms with Crippen LogP contribution in [-0.4, -0.2) is 29.2 Å². The van der Waals surface area contributed by atoms with Gasteiger partial charge in [0.25, 0.3) is 0 Å². The van der Waals surface area contributed by atoms with Crippen LogP contribution in [0.2, 0.25) is 0 Å². The van der Waals surface area contributed by atoms with E-state index in [4.69, 9.17) is 10.9 Å². The van der Waals surface area contributed by atoms with E-state index < -0.39 is 11.6 Å². The lowest BCUT2D eigenvalue weighted by Gasteiger charge is -2.32. The molecule has 0 spiro atoms. The Kier molecular flexibility index (Phi) is 4.19. The molecule has 0 atom stereocenters. The Bertz CT molecular complexity index is 451. The molecule has 0 saturated carbocycles. The summed E-state index contributed by atoms with van der Waals surface area (Å²) in [5.41, 5.74) is 6.19. The largest absolute Gasteiger partial charge is 0.408 e. The number of nitrogens with two attached hydrogens (primary N) is 1. The summed E-state index contributed by atoms with van der Waals surface area (Å²) in [6, 6.07) is 3.63. The molecule has 2 rings (SSSR count). The maximum Gasteiger partial charge on any atom is 0.233 e. The summed E-state index contributed by atoms with van der Waals surface area (Å²) in [4.78, 5) is 1.79. The molecule has 1 heterocycles. The Labute approximate surface area is 110 Å². The van der Waals surface area contributed by atoms with Crippen molar-refractivity contribution in [2.24, 2.45) is 16.8 Å². The van der Waals surface area contributed by atoms with Crippen molar-refractivity contribution >= 4 is 5.96 Å². The molecule has 0 amide bonds. The summed E-state index contributed by atoms with van der Waals surface area (Å²) in [7, 11) is 0. The van der Waals surface area contributed by atoms with Crippen LogP contribution in [0.5, 0.6) is 0 Å². The number of rotatable bonds is 2. The summed E-state index contributed by atoms with van der Waals surface area (Å²) in [6.07, 6.45) is 2.36. The summed E-state index contributed by atoms with van der Waals surface area (Å²) in [5.74, 6) is -0.590. The third-order valence-corrected chi connectivity index (χ3v) is 3.49. The van der Waals surface area contributed by atoms with Crippen molar-refractivity contribution in [3.8, 4) is 0 Å². The van der Waals surface area contributed by atoms with Gasteiger partial charge in [-0.2, -0.15) is 0 Å². The molecule has 104 valence electrons. The van der Waals surface area contributed by atoms with E-state index in [-0.39, 0.29) is 5.96 Å². The van der Waals surface area contributed by atoms with Crippen LogP contribution >= 0.6 is 0 Å². The van der Waals surface area contributed by atoms with Gasteiger partial charge in [-0.3, -0.25) is 0 Å². The van der Waals surface area contributed by atoms with Crippen molar-refractivity contribution in [3.05, 3.63) is 35.4 Å². The number of hydrogen-bond acceptors (Lipinski definition) is 2. The van der Waals surface area contributed by atoms with Crippen LogP contribution in [-0.2, 0) is 6.42 Å². The van der Waals surface area contributed by atoms with E-state index >= 15 is 0 Å². The van der Waals surface area contributed by atoms with Gasteiger partial charge in [-0.05, 0) is 42.9 Å².